The molecule has 0 amide bonds. The molecular weight excluding hydrogens is 316 g/mol. The van der Waals surface area contributed by atoms with Gasteiger partial charge in [-0.3, -0.25) is 4.90 Å². The van der Waals surface area contributed by atoms with Crippen LogP contribution in [0.3, 0.4) is 0 Å². The van der Waals surface area contributed by atoms with Gasteiger partial charge in [-0.1, -0.05) is 13.8 Å². The highest BCUT2D eigenvalue weighted by Crippen LogP contribution is 2.21. The van der Waals surface area contributed by atoms with Crippen molar-refractivity contribution in [2.45, 2.75) is 45.6 Å². The van der Waals surface area contributed by atoms with Crippen LogP contribution in [0.5, 0.6) is 0 Å². The molecule has 1 unspecified atom stereocenters. The van der Waals surface area contributed by atoms with Crippen molar-refractivity contribution in [2.75, 3.05) is 19.6 Å². The first-order chi connectivity index (χ1) is 10.6. The molecule has 7 heteroatoms. The maximum atomic E-state index is 12.6. The molecule has 0 aliphatic carbocycles. The molecule has 0 spiro atoms. The van der Waals surface area contributed by atoms with Crippen LogP contribution in [0.25, 0.3) is 0 Å². The molecule has 0 aromatic heterocycles. The fourth-order valence-electron chi connectivity index (χ4n) is 2.51. The summed E-state index contributed by atoms with van der Waals surface area (Å²) >= 11 is 0. The Morgan fingerprint density at radius 2 is 1.83 bits per heavy atom. The fourth-order valence-corrected chi connectivity index (χ4v) is 3.98. The number of aryl methyl sites for hydroxylation is 1. The van der Waals surface area contributed by atoms with Gasteiger partial charge in [0.15, 0.2) is 0 Å². The molecule has 1 aromatic carbocycles. The normalized spacial score (nSPS) is 13.3. The molecule has 0 bridgehead atoms. The summed E-state index contributed by atoms with van der Waals surface area (Å²) < 4.78 is 27.7. The highest BCUT2D eigenvalue weighted by Gasteiger charge is 2.22. The van der Waals surface area contributed by atoms with E-state index >= 15 is 0 Å². The number of carboxylic acids is 1. The molecule has 1 rings (SSSR count). The van der Waals surface area contributed by atoms with Crippen LogP contribution in [-0.4, -0.2) is 50.1 Å². The third-order valence-corrected chi connectivity index (χ3v) is 5.71. The van der Waals surface area contributed by atoms with Gasteiger partial charge in [0.25, 0.3) is 0 Å². The first kappa shape index (κ1) is 19.6. The number of nitrogens with zero attached hydrogens (tertiary/aromatic N) is 1. The van der Waals surface area contributed by atoms with Gasteiger partial charge in [0.2, 0.25) is 10.0 Å². The quantitative estimate of drug-likeness (QED) is 0.755. The van der Waals surface area contributed by atoms with E-state index in [1.807, 2.05) is 20.8 Å². The molecule has 23 heavy (non-hydrogen) atoms. The van der Waals surface area contributed by atoms with Crippen molar-refractivity contribution in [3.8, 4) is 0 Å². The Morgan fingerprint density at radius 1 is 1.26 bits per heavy atom. The number of benzene rings is 1. The Bertz CT molecular complexity index is 667. The summed E-state index contributed by atoms with van der Waals surface area (Å²) in [4.78, 5) is 13.3. The monoisotopic (exact) mass is 342 g/mol. The van der Waals surface area contributed by atoms with Gasteiger partial charge in [0.05, 0.1) is 10.5 Å². The first-order valence-electron chi connectivity index (χ1n) is 7.72. The fraction of sp³-hybridized carbons (Fsp3) is 0.562. The maximum absolute atomic E-state index is 12.6. The second-order valence-corrected chi connectivity index (χ2v) is 7.38. The van der Waals surface area contributed by atoms with Crippen molar-refractivity contribution < 1.29 is 18.3 Å². The number of hydrogen-bond donors (Lipinski definition) is 2. The zero-order chi connectivity index (χ0) is 17.8. The lowest BCUT2D eigenvalue weighted by Gasteiger charge is -2.26. The Hall–Kier alpha value is -1.44. The summed E-state index contributed by atoms with van der Waals surface area (Å²) in [6.45, 7) is 11.4. The number of carbonyl (C=O) groups is 1. The standard InChI is InChI=1S/C16H26N2O4S/c1-6-18(7-2)12(4)10-17-23(21,22)15-9-14(16(19)20)8-11(3)13(15)5/h8-9,12,17H,6-7,10H2,1-5H3,(H,19,20). The molecule has 0 radical (unpaired) electrons. The Labute approximate surface area is 138 Å². The van der Waals surface area contributed by atoms with Crippen molar-refractivity contribution in [3.05, 3.63) is 28.8 Å². The van der Waals surface area contributed by atoms with Gasteiger partial charge >= 0.3 is 5.97 Å². The summed E-state index contributed by atoms with van der Waals surface area (Å²) in [6, 6.07) is 2.76. The number of nitrogens with one attached hydrogen (secondary N) is 1. The van der Waals surface area contributed by atoms with Crippen LogP contribution in [0.4, 0.5) is 0 Å². The minimum atomic E-state index is -3.75. The van der Waals surface area contributed by atoms with Gasteiger partial charge in [-0.15, -0.1) is 0 Å². The van der Waals surface area contributed by atoms with Crippen molar-refractivity contribution in [3.63, 3.8) is 0 Å². The van der Waals surface area contributed by atoms with Crippen molar-refractivity contribution in [1.82, 2.24) is 9.62 Å². The van der Waals surface area contributed by atoms with Crippen molar-refractivity contribution in [2.24, 2.45) is 0 Å². The topological polar surface area (TPSA) is 86.7 Å². The van der Waals surface area contributed by atoms with E-state index in [0.29, 0.717) is 11.1 Å². The zero-order valence-corrected chi connectivity index (χ0v) is 15.2. The van der Waals surface area contributed by atoms with Gasteiger partial charge in [0.1, 0.15) is 0 Å². The lowest BCUT2D eigenvalue weighted by molar-refractivity contribution is 0.0696. The van der Waals surface area contributed by atoms with Gasteiger partial charge in [-0.05, 0) is 57.1 Å². The lowest BCUT2D eigenvalue weighted by atomic mass is 10.1. The van der Waals surface area contributed by atoms with Crippen LogP contribution in [0.15, 0.2) is 17.0 Å². The minimum Gasteiger partial charge on any atom is -0.478 e. The highest BCUT2D eigenvalue weighted by molar-refractivity contribution is 7.89. The van der Waals surface area contributed by atoms with E-state index in [1.165, 1.54) is 12.1 Å². The summed E-state index contributed by atoms with van der Waals surface area (Å²) in [5, 5.41) is 9.12. The number of aromatic carboxylic acids is 1. The van der Waals surface area contributed by atoms with Crippen LogP contribution < -0.4 is 4.72 Å². The number of hydrogen-bond acceptors (Lipinski definition) is 4. The van der Waals surface area contributed by atoms with E-state index in [1.54, 1.807) is 13.8 Å². The van der Waals surface area contributed by atoms with E-state index in [4.69, 9.17) is 5.11 Å². The highest BCUT2D eigenvalue weighted by atomic mass is 32.2. The maximum Gasteiger partial charge on any atom is 0.335 e. The second kappa shape index (κ2) is 7.90. The van der Waals surface area contributed by atoms with E-state index < -0.39 is 16.0 Å². The van der Waals surface area contributed by atoms with Gasteiger partial charge in [0, 0.05) is 12.6 Å². The van der Waals surface area contributed by atoms with Gasteiger partial charge in [-0.25, -0.2) is 17.9 Å². The van der Waals surface area contributed by atoms with Crippen LogP contribution in [0.2, 0.25) is 0 Å². The number of rotatable bonds is 8. The van der Waals surface area contributed by atoms with Crippen LogP contribution in [0.1, 0.15) is 42.3 Å². The van der Waals surface area contributed by atoms with Crippen LogP contribution in [-0.2, 0) is 10.0 Å². The Kier molecular flexibility index (Phi) is 6.73. The number of likely N-dealkylation sites (N-methyl/N-ethyl adjacent to an activating group) is 1. The Balaban J connectivity index is 3.07. The van der Waals surface area contributed by atoms with Crippen LogP contribution in [0, 0.1) is 13.8 Å². The van der Waals surface area contributed by atoms with E-state index in [9.17, 15) is 13.2 Å². The summed E-state index contributed by atoms with van der Waals surface area (Å²) in [7, 11) is -3.75. The molecule has 6 nitrogen and oxygen atoms in total. The molecule has 2 N–H and O–H groups in total. The number of carboxylic acid groups (broad SMARTS) is 1. The average molecular weight is 342 g/mol. The summed E-state index contributed by atoms with van der Waals surface area (Å²) in [5.41, 5.74) is 1.19. The Morgan fingerprint density at radius 3 is 2.30 bits per heavy atom. The molecule has 0 fully saturated rings. The second-order valence-electron chi connectivity index (χ2n) is 5.64. The molecule has 0 saturated carbocycles. The van der Waals surface area contributed by atoms with E-state index in [-0.39, 0.29) is 23.0 Å². The predicted octanol–water partition coefficient (Wildman–Crippen LogP) is 2.01. The average Bonchev–Trinajstić information content (AvgIpc) is 2.48. The molecule has 0 saturated heterocycles. The summed E-state index contributed by atoms with van der Waals surface area (Å²) in [6.07, 6.45) is 0. The molecule has 0 heterocycles. The third kappa shape index (κ3) is 4.76. The molecule has 0 aliphatic rings. The molecule has 0 aliphatic heterocycles. The molecule has 1 aromatic rings. The zero-order valence-electron chi connectivity index (χ0n) is 14.4. The molecule has 130 valence electrons. The molecular formula is C16H26N2O4S. The van der Waals surface area contributed by atoms with Crippen LogP contribution >= 0.6 is 0 Å². The number of sulfonamides is 1. The lowest BCUT2D eigenvalue weighted by Crippen LogP contribution is -2.42. The largest absolute Gasteiger partial charge is 0.478 e. The third-order valence-electron chi connectivity index (χ3n) is 4.16. The smallest absolute Gasteiger partial charge is 0.335 e. The first-order valence-corrected chi connectivity index (χ1v) is 9.20. The minimum absolute atomic E-state index is 0.0229. The van der Waals surface area contributed by atoms with E-state index in [0.717, 1.165) is 13.1 Å². The van der Waals surface area contributed by atoms with Crippen molar-refractivity contribution >= 4 is 16.0 Å². The van der Waals surface area contributed by atoms with Gasteiger partial charge < -0.3 is 5.11 Å². The van der Waals surface area contributed by atoms with Crippen molar-refractivity contribution in [1.29, 1.82) is 0 Å². The SMILES string of the molecule is CCN(CC)C(C)CNS(=O)(=O)c1cc(C(=O)O)cc(C)c1C. The summed E-state index contributed by atoms with van der Waals surface area (Å²) in [5.74, 6) is -1.14. The van der Waals surface area contributed by atoms with E-state index in [2.05, 4.69) is 9.62 Å². The predicted molar refractivity (Wildman–Crippen MR) is 90.4 cm³/mol. The molecule has 1 atom stereocenters. The van der Waals surface area contributed by atoms with Gasteiger partial charge in [-0.2, -0.15) is 0 Å².